The highest BCUT2D eigenvalue weighted by Crippen LogP contribution is 2.30. The number of hydrogen-bond acceptors (Lipinski definition) is 5. The average molecular weight is 278 g/mol. The van der Waals surface area contributed by atoms with Gasteiger partial charge in [-0.05, 0) is 40.1 Å². The molecular weight excluding hydrogens is 257 g/mol. The number of nitrogens with zero attached hydrogens (tertiary/aromatic N) is 1. The Balaban J connectivity index is 2.85. The van der Waals surface area contributed by atoms with E-state index in [1.165, 1.54) is 0 Å². The fourth-order valence-electron chi connectivity index (χ4n) is 1.22. The van der Waals surface area contributed by atoms with Crippen molar-refractivity contribution in [3.8, 4) is 0 Å². The molecule has 103 valence electrons. The first-order valence-electron chi connectivity index (χ1n) is 6.09. The number of nitrogens with one attached hydrogen (secondary N) is 1. The molecule has 0 amide bonds. The zero-order valence-electron chi connectivity index (χ0n) is 12.1. The summed E-state index contributed by atoms with van der Waals surface area (Å²) in [6.07, 6.45) is 1.63. The Labute approximate surface area is 121 Å². The van der Waals surface area contributed by atoms with Gasteiger partial charge < -0.3 is 15.8 Å². The topological polar surface area (TPSA) is 72.0 Å². The molecule has 1 radical (unpaired) electrons. The van der Waals surface area contributed by atoms with Crippen LogP contribution in [0.5, 0.6) is 0 Å². The summed E-state index contributed by atoms with van der Waals surface area (Å²) in [4.78, 5) is 4.07. The van der Waals surface area contributed by atoms with Crippen molar-refractivity contribution < 1.29 is 4.65 Å². The SMILES string of the molecule is CC(=N)c1cc([B]OC(C)(C)C(C)(C)S)cnc1N. The lowest BCUT2D eigenvalue weighted by Crippen LogP contribution is -2.45. The summed E-state index contributed by atoms with van der Waals surface area (Å²) >= 11 is 4.54. The number of nitrogen functional groups attached to an aromatic ring is 1. The van der Waals surface area contributed by atoms with Crippen LogP contribution in [0.3, 0.4) is 0 Å². The molecular formula is C13H21BN3OS. The molecule has 0 bridgehead atoms. The van der Waals surface area contributed by atoms with E-state index in [2.05, 4.69) is 17.6 Å². The van der Waals surface area contributed by atoms with Crippen LogP contribution in [-0.2, 0) is 4.65 Å². The molecule has 0 saturated carbocycles. The van der Waals surface area contributed by atoms with Crippen molar-refractivity contribution >= 4 is 37.1 Å². The summed E-state index contributed by atoms with van der Waals surface area (Å²) in [5.74, 6) is 0.360. The van der Waals surface area contributed by atoms with Crippen molar-refractivity contribution in [2.75, 3.05) is 5.73 Å². The number of anilines is 1. The van der Waals surface area contributed by atoms with Crippen LogP contribution in [-0.4, -0.2) is 28.5 Å². The number of rotatable bonds is 5. The van der Waals surface area contributed by atoms with E-state index in [0.29, 0.717) is 17.1 Å². The van der Waals surface area contributed by atoms with Gasteiger partial charge in [-0.3, -0.25) is 0 Å². The Morgan fingerprint density at radius 3 is 2.47 bits per heavy atom. The third-order valence-electron chi connectivity index (χ3n) is 3.31. The Hall–Kier alpha value is -1.01. The third-order valence-corrected chi connectivity index (χ3v) is 3.85. The standard InChI is InChI=1S/C13H21BN3OS/c1-8(15)10-6-9(7-17-11(10)16)14-18-12(2,3)13(4,5)19/h6-7,15,19H,1-5H3,(H2,16,17). The van der Waals surface area contributed by atoms with Gasteiger partial charge in [0, 0.05) is 22.2 Å². The molecule has 1 rings (SSSR count). The highest BCUT2D eigenvalue weighted by molar-refractivity contribution is 7.81. The largest absolute Gasteiger partial charge is 0.428 e. The molecule has 0 aliphatic rings. The van der Waals surface area contributed by atoms with Gasteiger partial charge in [-0.2, -0.15) is 12.6 Å². The van der Waals surface area contributed by atoms with E-state index in [9.17, 15) is 0 Å². The second-order valence-electron chi connectivity index (χ2n) is 5.63. The minimum absolute atomic E-state index is 0.287. The lowest BCUT2D eigenvalue weighted by atomic mass is 9.84. The van der Waals surface area contributed by atoms with E-state index in [1.54, 1.807) is 26.7 Å². The highest BCUT2D eigenvalue weighted by atomic mass is 32.1. The zero-order valence-corrected chi connectivity index (χ0v) is 13.0. The smallest absolute Gasteiger partial charge is 0.332 e. The van der Waals surface area contributed by atoms with E-state index >= 15 is 0 Å². The van der Waals surface area contributed by atoms with Crippen molar-refractivity contribution in [3.63, 3.8) is 0 Å². The zero-order chi connectivity index (χ0) is 14.8. The van der Waals surface area contributed by atoms with Gasteiger partial charge in [0.2, 0.25) is 0 Å². The molecule has 1 aromatic heterocycles. The van der Waals surface area contributed by atoms with E-state index in [1.807, 2.05) is 27.7 Å². The van der Waals surface area contributed by atoms with Crippen LogP contribution in [0.4, 0.5) is 5.82 Å². The van der Waals surface area contributed by atoms with Gasteiger partial charge >= 0.3 is 7.48 Å². The van der Waals surface area contributed by atoms with Gasteiger partial charge in [0.15, 0.2) is 0 Å². The monoisotopic (exact) mass is 278 g/mol. The molecule has 6 heteroatoms. The van der Waals surface area contributed by atoms with Crippen LogP contribution in [0.15, 0.2) is 12.3 Å². The van der Waals surface area contributed by atoms with Gasteiger partial charge in [-0.1, -0.05) is 6.07 Å². The van der Waals surface area contributed by atoms with Crippen LogP contribution in [0.25, 0.3) is 0 Å². The van der Waals surface area contributed by atoms with Crippen molar-refractivity contribution in [2.45, 2.75) is 45.0 Å². The minimum atomic E-state index is -0.433. The number of nitrogens with two attached hydrogens (primary N) is 1. The molecule has 4 nitrogen and oxygen atoms in total. The van der Waals surface area contributed by atoms with Crippen LogP contribution in [0, 0.1) is 5.41 Å². The number of aromatic nitrogens is 1. The summed E-state index contributed by atoms with van der Waals surface area (Å²) in [6, 6.07) is 1.80. The Morgan fingerprint density at radius 2 is 2.00 bits per heavy atom. The molecule has 0 unspecified atom stereocenters. The predicted octanol–water partition coefficient (Wildman–Crippen LogP) is 1.80. The Bertz CT molecular complexity index is 483. The van der Waals surface area contributed by atoms with Crippen molar-refractivity contribution in [1.29, 1.82) is 5.41 Å². The number of pyridine rings is 1. The van der Waals surface area contributed by atoms with Crippen LogP contribution in [0.1, 0.15) is 40.2 Å². The summed E-state index contributed by atoms with van der Waals surface area (Å²) in [5, 5.41) is 7.64. The molecule has 0 saturated heterocycles. The average Bonchev–Trinajstić information content (AvgIpc) is 2.26. The summed E-state index contributed by atoms with van der Waals surface area (Å²) < 4.78 is 5.52. The first kappa shape index (κ1) is 16.1. The predicted molar refractivity (Wildman–Crippen MR) is 84.8 cm³/mol. The summed E-state index contributed by atoms with van der Waals surface area (Å²) in [6.45, 7) is 9.63. The number of thiol groups is 1. The van der Waals surface area contributed by atoms with Gasteiger partial charge in [0.1, 0.15) is 5.82 Å². The van der Waals surface area contributed by atoms with Gasteiger partial charge in [0.25, 0.3) is 0 Å². The second kappa shape index (κ2) is 5.55. The molecule has 0 spiro atoms. The van der Waals surface area contributed by atoms with Crippen molar-refractivity contribution in [1.82, 2.24) is 4.98 Å². The van der Waals surface area contributed by atoms with Gasteiger partial charge in [-0.15, -0.1) is 0 Å². The lowest BCUT2D eigenvalue weighted by Gasteiger charge is -2.38. The quantitative estimate of drug-likeness (QED) is 0.437. The van der Waals surface area contributed by atoms with Crippen LogP contribution in [0.2, 0.25) is 0 Å². The van der Waals surface area contributed by atoms with E-state index in [0.717, 1.165) is 5.46 Å². The molecule has 3 N–H and O–H groups in total. The fraction of sp³-hybridized carbons (Fsp3) is 0.538. The molecule has 0 aromatic carbocycles. The van der Waals surface area contributed by atoms with E-state index < -0.39 is 5.60 Å². The molecule has 1 aromatic rings. The van der Waals surface area contributed by atoms with Gasteiger partial charge in [0.05, 0.1) is 5.60 Å². The Kier molecular flexibility index (Phi) is 4.69. The lowest BCUT2D eigenvalue weighted by molar-refractivity contribution is 0.0854. The Morgan fingerprint density at radius 1 is 1.42 bits per heavy atom. The van der Waals surface area contributed by atoms with Crippen LogP contribution >= 0.6 is 12.6 Å². The molecule has 1 heterocycles. The third kappa shape index (κ3) is 3.98. The van der Waals surface area contributed by atoms with Crippen LogP contribution < -0.4 is 11.2 Å². The van der Waals surface area contributed by atoms with Gasteiger partial charge in [-0.25, -0.2) is 4.98 Å². The maximum atomic E-state index is 7.64. The van der Waals surface area contributed by atoms with Crippen molar-refractivity contribution in [2.24, 2.45) is 0 Å². The maximum absolute atomic E-state index is 7.64. The van der Waals surface area contributed by atoms with E-state index in [4.69, 9.17) is 15.8 Å². The molecule has 19 heavy (non-hydrogen) atoms. The highest BCUT2D eigenvalue weighted by Gasteiger charge is 2.34. The maximum Gasteiger partial charge on any atom is 0.332 e. The first-order valence-corrected chi connectivity index (χ1v) is 6.54. The molecule has 0 aliphatic heterocycles. The number of hydrogen-bond donors (Lipinski definition) is 3. The molecule has 0 fully saturated rings. The summed E-state index contributed by atoms with van der Waals surface area (Å²) in [7, 11) is 1.64. The first-order chi connectivity index (χ1) is 8.54. The minimum Gasteiger partial charge on any atom is -0.428 e. The van der Waals surface area contributed by atoms with E-state index in [-0.39, 0.29) is 4.75 Å². The van der Waals surface area contributed by atoms with Crippen molar-refractivity contribution in [3.05, 3.63) is 17.8 Å². The second-order valence-corrected chi connectivity index (χ2v) is 6.75. The normalized spacial score (nSPS) is 12.3. The molecule has 0 aliphatic carbocycles. The fourth-order valence-corrected chi connectivity index (χ4v) is 1.27. The summed E-state index contributed by atoms with van der Waals surface area (Å²) in [5.41, 5.74) is 7.08. The molecule has 0 atom stereocenters.